The van der Waals surface area contributed by atoms with E-state index in [1.165, 1.54) is 217 Å². The molecule has 0 atom stereocenters. The van der Waals surface area contributed by atoms with E-state index in [1.54, 1.807) is 30.3 Å². The number of nitrogens with zero attached hydrogens (tertiary/aromatic N) is 1. The monoisotopic (exact) mass is 708 g/mol. The number of quaternary nitrogens is 1. The van der Waals surface area contributed by atoms with Gasteiger partial charge in [0.15, 0.2) is 0 Å². The summed E-state index contributed by atoms with van der Waals surface area (Å²) in [5.74, 6) is -0.423. The molecule has 5 heteroatoms. The van der Waals surface area contributed by atoms with Gasteiger partial charge in [0.1, 0.15) is 0 Å². The second kappa shape index (κ2) is 35.5. The van der Waals surface area contributed by atoms with Crippen molar-refractivity contribution in [1.29, 1.82) is 0 Å². The van der Waals surface area contributed by atoms with Gasteiger partial charge in [-0.25, -0.2) is 8.42 Å². The Kier molecular flexibility index (Phi) is 34.8. The van der Waals surface area contributed by atoms with Crippen molar-refractivity contribution >= 4 is 10.1 Å². The zero-order chi connectivity index (χ0) is 36.2. The zero-order valence-corrected chi connectivity index (χ0v) is 34.3. The van der Waals surface area contributed by atoms with E-state index >= 15 is 0 Å². The van der Waals surface area contributed by atoms with Gasteiger partial charge in [-0.05, 0) is 44.1 Å². The maximum Gasteiger partial charge on any atom is 0.0988 e. The highest BCUT2D eigenvalue weighted by Gasteiger charge is 2.20. The van der Waals surface area contributed by atoms with E-state index in [4.69, 9.17) is 0 Å². The molecule has 0 radical (unpaired) electrons. The highest BCUT2D eigenvalue weighted by molar-refractivity contribution is 7.84. The topological polar surface area (TPSA) is 57.2 Å². The molecule has 0 fully saturated rings. The van der Waals surface area contributed by atoms with Gasteiger partial charge < -0.3 is 9.04 Å². The van der Waals surface area contributed by atoms with Crippen LogP contribution in [0.1, 0.15) is 219 Å². The van der Waals surface area contributed by atoms with E-state index in [-0.39, 0.29) is 0 Å². The summed E-state index contributed by atoms with van der Waals surface area (Å²) in [5, 5.41) is 0. The van der Waals surface area contributed by atoms with Gasteiger partial charge in [0.05, 0.1) is 42.6 Å². The van der Waals surface area contributed by atoms with Crippen LogP contribution in [0.15, 0.2) is 30.3 Å². The molecule has 1 aromatic carbocycles. The number of benzene rings is 1. The largest absolute Gasteiger partial charge is 0.748 e. The number of rotatable bonds is 35. The molecule has 4 nitrogen and oxygen atoms in total. The Labute approximate surface area is 308 Å². The van der Waals surface area contributed by atoms with Crippen LogP contribution in [-0.4, -0.2) is 44.1 Å². The van der Waals surface area contributed by atoms with Gasteiger partial charge in [0.2, 0.25) is 0 Å². The maximum atomic E-state index is 10.2. The van der Waals surface area contributed by atoms with E-state index in [0.29, 0.717) is 5.56 Å². The highest BCUT2D eigenvalue weighted by atomic mass is 32.2. The van der Waals surface area contributed by atoms with Crippen molar-refractivity contribution in [2.24, 2.45) is 0 Å². The minimum Gasteiger partial charge on any atom is -0.748 e. The zero-order valence-electron chi connectivity index (χ0n) is 33.5. The molecule has 0 aromatic heterocycles. The van der Waals surface area contributed by atoms with E-state index < -0.39 is 15.9 Å². The molecule has 0 saturated heterocycles. The fourth-order valence-corrected chi connectivity index (χ4v) is 7.66. The summed E-state index contributed by atoms with van der Waals surface area (Å²) in [6.45, 7) is 11.3. The maximum absolute atomic E-state index is 10.2. The van der Waals surface area contributed by atoms with Gasteiger partial charge in [-0.1, -0.05) is 205 Å². The summed E-state index contributed by atoms with van der Waals surface area (Å²) < 4.78 is 32.1. The van der Waals surface area contributed by atoms with E-state index in [1.807, 2.05) is 0 Å². The van der Waals surface area contributed by atoms with Gasteiger partial charge in [0.25, 0.3) is 0 Å². The molecular formula is C44H85NO3S. The second-order valence-corrected chi connectivity index (χ2v) is 16.9. The second-order valence-electron chi connectivity index (χ2n) is 15.5. The van der Waals surface area contributed by atoms with E-state index in [0.717, 1.165) is 0 Å². The summed E-state index contributed by atoms with van der Waals surface area (Å²) in [6, 6.07) is 8.37. The van der Waals surface area contributed by atoms with Crippen LogP contribution in [0.3, 0.4) is 0 Å². The first kappa shape index (κ1) is 48.1. The lowest BCUT2D eigenvalue weighted by atomic mass is 10.0. The van der Waals surface area contributed by atoms with Gasteiger partial charge in [-0.3, -0.25) is 0 Å². The van der Waals surface area contributed by atoms with Crippen molar-refractivity contribution in [3.05, 3.63) is 35.9 Å². The molecule has 0 N–H and O–H groups in total. The lowest BCUT2D eigenvalue weighted by Crippen LogP contribution is -2.46. The first-order chi connectivity index (χ1) is 23.8. The normalized spacial score (nSPS) is 11.9. The molecule has 1 rings (SSSR count). The molecule has 0 unspecified atom stereocenters. The minimum absolute atomic E-state index is 0.423. The third-order valence-electron chi connectivity index (χ3n) is 10.3. The highest BCUT2D eigenvalue weighted by Crippen LogP contribution is 2.18. The van der Waals surface area contributed by atoms with Crippen molar-refractivity contribution in [3.63, 3.8) is 0 Å². The molecule has 0 aliphatic carbocycles. The van der Waals surface area contributed by atoms with Crippen LogP contribution < -0.4 is 0 Å². The van der Waals surface area contributed by atoms with Gasteiger partial charge in [-0.15, -0.1) is 0 Å². The van der Waals surface area contributed by atoms with Crippen LogP contribution in [0, 0.1) is 0 Å². The van der Waals surface area contributed by atoms with Crippen LogP contribution in [0.25, 0.3) is 0 Å². The lowest BCUT2D eigenvalue weighted by Gasteiger charge is -2.35. The number of unbranched alkanes of at least 4 members (excludes halogenated alkanes) is 27. The molecule has 49 heavy (non-hydrogen) atoms. The molecule has 290 valence electrons. The summed E-state index contributed by atoms with van der Waals surface area (Å²) in [4.78, 5) is 0. The Hall–Kier alpha value is -0.910. The first-order valence-corrected chi connectivity index (χ1v) is 23.1. The van der Waals surface area contributed by atoms with Crippen LogP contribution in [0.4, 0.5) is 0 Å². The van der Waals surface area contributed by atoms with Crippen molar-refractivity contribution < 1.29 is 17.5 Å². The number of hydrogen-bond donors (Lipinski definition) is 0. The first-order valence-electron chi connectivity index (χ1n) is 21.6. The summed E-state index contributed by atoms with van der Waals surface area (Å²) >= 11 is 0. The van der Waals surface area contributed by atoms with Gasteiger partial charge in [0, 0.05) is 0 Å². The van der Waals surface area contributed by atoms with Crippen molar-refractivity contribution in [2.75, 3.05) is 26.7 Å². The van der Waals surface area contributed by atoms with Gasteiger partial charge >= 0.3 is 0 Å². The molecule has 0 bridgehead atoms. The third kappa shape index (κ3) is 36.7. The fraction of sp³-hybridized carbons (Fsp3) is 0.864. The van der Waals surface area contributed by atoms with E-state index in [9.17, 15) is 13.0 Å². The molecule has 0 amide bonds. The number of hydrogen-bond acceptors (Lipinski definition) is 3. The Morgan fingerprint density at radius 3 is 0.918 bits per heavy atom. The van der Waals surface area contributed by atoms with Crippen molar-refractivity contribution in [1.82, 2.24) is 0 Å². The third-order valence-corrected chi connectivity index (χ3v) is 11.0. The average Bonchev–Trinajstić information content (AvgIpc) is 3.07. The van der Waals surface area contributed by atoms with Crippen molar-refractivity contribution in [2.45, 2.75) is 219 Å². The molecule has 0 aliphatic heterocycles. The Morgan fingerprint density at radius 2 is 0.673 bits per heavy atom. The lowest BCUT2D eigenvalue weighted by molar-refractivity contribution is -0.910. The van der Waals surface area contributed by atoms with Gasteiger partial charge in [-0.2, -0.15) is 0 Å². The van der Waals surface area contributed by atoms with E-state index in [2.05, 4.69) is 27.8 Å². The van der Waals surface area contributed by atoms with Crippen LogP contribution in [-0.2, 0) is 15.9 Å². The van der Waals surface area contributed by atoms with Crippen LogP contribution in [0.5, 0.6) is 0 Å². The molecule has 0 aliphatic rings. The van der Waals surface area contributed by atoms with Crippen LogP contribution >= 0.6 is 0 Å². The van der Waals surface area contributed by atoms with Crippen LogP contribution in [0.2, 0.25) is 0 Å². The fourth-order valence-electron chi connectivity index (χ4n) is 7.06. The molecule has 0 saturated carbocycles. The summed E-state index contributed by atoms with van der Waals surface area (Å²) in [6.07, 6.45) is 43.8. The summed E-state index contributed by atoms with van der Waals surface area (Å²) in [5.41, 5.74) is 0.530. The molecule has 0 heterocycles. The Bertz CT molecular complexity index is 829. The average molecular weight is 708 g/mol. The predicted octanol–water partition coefficient (Wildman–Crippen LogP) is 13.9. The quantitative estimate of drug-likeness (QED) is 0.0401. The smallest absolute Gasteiger partial charge is 0.0988 e. The Balaban J connectivity index is 0.00000175. The van der Waals surface area contributed by atoms with Crippen molar-refractivity contribution in [3.8, 4) is 0 Å². The molecular weight excluding hydrogens is 623 g/mol. The summed E-state index contributed by atoms with van der Waals surface area (Å²) in [7, 11) is -1.52. The standard InChI is InChI=1S/C37H78N.C7H8O3S/c1-5-8-11-14-17-20-23-26-29-32-35-38(4,36-33-30-27-24-21-18-15-12-9-6-2)37-34-31-28-25-22-19-16-13-10-7-3;8-11(9,10)6-7-4-2-1-3-5-7/h5-37H2,1-4H3;1-5H,6H2,(H,8,9,10)/q+1;/p-1. The molecule has 0 spiro atoms. The predicted molar refractivity (Wildman–Crippen MR) is 216 cm³/mol. The SMILES string of the molecule is CCCCCCCCCCCC[N+](C)(CCCCCCCCCCCC)CCCCCCCCCCCC.O=S(=O)([O-])Cc1ccccc1. The Morgan fingerprint density at radius 1 is 0.429 bits per heavy atom. The minimum atomic E-state index is -4.13. The molecule has 1 aromatic rings.